The summed E-state index contributed by atoms with van der Waals surface area (Å²) in [4.78, 5) is 13.1. The molecule has 1 aromatic carbocycles. The van der Waals surface area contributed by atoms with E-state index >= 15 is 0 Å². The minimum atomic E-state index is -0.462. The van der Waals surface area contributed by atoms with Crippen LogP contribution < -0.4 is 0 Å². The molecule has 4 heteroatoms. The SMILES string of the molecule is O=C(CCc1cccs1)c1c(F)cccc1Br. The second-order valence-corrected chi connectivity index (χ2v) is 5.49. The van der Waals surface area contributed by atoms with Crippen LogP contribution in [0.3, 0.4) is 0 Å². The van der Waals surface area contributed by atoms with Crippen LogP contribution in [0.25, 0.3) is 0 Å². The Labute approximate surface area is 111 Å². The number of halogens is 2. The van der Waals surface area contributed by atoms with Gasteiger partial charge in [0.25, 0.3) is 0 Å². The van der Waals surface area contributed by atoms with Gasteiger partial charge in [-0.2, -0.15) is 0 Å². The number of ketones is 1. The highest BCUT2D eigenvalue weighted by molar-refractivity contribution is 9.10. The Morgan fingerprint density at radius 3 is 2.76 bits per heavy atom. The van der Waals surface area contributed by atoms with Crippen LogP contribution in [0.1, 0.15) is 21.7 Å². The number of carbonyl (C=O) groups excluding carboxylic acids is 1. The van der Waals surface area contributed by atoms with Gasteiger partial charge >= 0.3 is 0 Å². The molecular weight excluding hydrogens is 303 g/mol. The minimum Gasteiger partial charge on any atom is -0.294 e. The lowest BCUT2D eigenvalue weighted by Crippen LogP contribution is -2.04. The van der Waals surface area contributed by atoms with E-state index in [1.807, 2.05) is 17.5 Å². The van der Waals surface area contributed by atoms with Crippen molar-refractivity contribution in [3.05, 3.63) is 56.4 Å². The highest BCUT2D eigenvalue weighted by atomic mass is 79.9. The van der Waals surface area contributed by atoms with Crippen molar-refractivity contribution in [2.75, 3.05) is 0 Å². The van der Waals surface area contributed by atoms with E-state index in [1.165, 1.54) is 6.07 Å². The molecule has 0 radical (unpaired) electrons. The van der Waals surface area contributed by atoms with E-state index in [4.69, 9.17) is 0 Å². The van der Waals surface area contributed by atoms with E-state index in [9.17, 15) is 9.18 Å². The Kier molecular flexibility index (Phi) is 4.07. The van der Waals surface area contributed by atoms with Crippen molar-refractivity contribution < 1.29 is 9.18 Å². The fraction of sp³-hybridized carbons (Fsp3) is 0.154. The van der Waals surface area contributed by atoms with Crippen LogP contribution in [0, 0.1) is 5.82 Å². The average Bonchev–Trinajstić information content (AvgIpc) is 2.79. The van der Waals surface area contributed by atoms with Crippen LogP contribution in [0.5, 0.6) is 0 Å². The Morgan fingerprint density at radius 1 is 1.29 bits per heavy atom. The molecule has 0 saturated carbocycles. The molecule has 1 aromatic heterocycles. The summed E-state index contributed by atoms with van der Waals surface area (Å²) in [7, 11) is 0. The van der Waals surface area contributed by atoms with Gasteiger partial charge in [0.05, 0.1) is 5.56 Å². The normalized spacial score (nSPS) is 10.5. The van der Waals surface area contributed by atoms with Gasteiger partial charge in [-0.15, -0.1) is 11.3 Å². The van der Waals surface area contributed by atoms with Gasteiger partial charge in [0.15, 0.2) is 5.78 Å². The summed E-state index contributed by atoms with van der Waals surface area (Å²) in [6.45, 7) is 0. The second kappa shape index (κ2) is 5.56. The topological polar surface area (TPSA) is 17.1 Å². The largest absolute Gasteiger partial charge is 0.294 e. The fourth-order valence-electron chi connectivity index (χ4n) is 1.58. The second-order valence-electron chi connectivity index (χ2n) is 3.60. The van der Waals surface area contributed by atoms with Gasteiger partial charge in [-0.25, -0.2) is 4.39 Å². The monoisotopic (exact) mass is 312 g/mol. The minimum absolute atomic E-state index is 0.157. The molecule has 88 valence electrons. The van der Waals surface area contributed by atoms with Crippen molar-refractivity contribution in [2.45, 2.75) is 12.8 Å². The molecule has 0 aliphatic carbocycles. The van der Waals surface area contributed by atoms with Crippen molar-refractivity contribution in [1.29, 1.82) is 0 Å². The van der Waals surface area contributed by atoms with Crippen molar-refractivity contribution >= 4 is 33.0 Å². The third kappa shape index (κ3) is 3.01. The summed E-state index contributed by atoms with van der Waals surface area (Å²) in [6.07, 6.45) is 0.997. The maximum Gasteiger partial charge on any atom is 0.167 e. The molecule has 0 atom stereocenters. The van der Waals surface area contributed by atoms with Gasteiger partial charge in [0.2, 0.25) is 0 Å². The third-order valence-corrected chi connectivity index (χ3v) is 4.02. The Balaban J connectivity index is 2.10. The molecule has 0 bridgehead atoms. The van der Waals surface area contributed by atoms with Crippen LogP contribution in [0.4, 0.5) is 4.39 Å². The number of carbonyl (C=O) groups is 1. The molecule has 0 spiro atoms. The smallest absolute Gasteiger partial charge is 0.167 e. The summed E-state index contributed by atoms with van der Waals surface area (Å²) in [6, 6.07) is 8.50. The van der Waals surface area contributed by atoms with E-state index < -0.39 is 5.82 Å². The predicted octanol–water partition coefficient (Wildman–Crippen LogP) is 4.47. The molecule has 2 aromatic rings. The quantitative estimate of drug-likeness (QED) is 0.761. The zero-order valence-electron chi connectivity index (χ0n) is 8.95. The number of hydrogen-bond donors (Lipinski definition) is 0. The molecule has 0 aliphatic heterocycles. The van der Waals surface area contributed by atoms with Crippen LogP contribution >= 0.6 is 27.3 Å². The first kappa shape index (κ1) is 12.5. The van der Waals surface area contributed by atoms with E-state index in [1.54, 1.807) is 23.5 Å². The van der Waals surface area contributed by atoms with Crippen molar-refractivity contribution in [3.8, 4) is 0 Å². The van der Waals surface area contributed by atoms with Gasteiger partial charge < -0.3 is 0 Å². The number of Topliss-reactive ketones (excluding diaryl/α,β-unsaturated/α-hetero) is 1. The molecular formula is C13H10BrFOS. The maximum atomic E-state index is 13.5. The van der Waals surface area contributed by atoms with Crippen LogP contribution in [-0.4, -0.2) is 5.78 Å². The lowest BCUT2D eigenvalue weighted by Gasteiger charge is -2.04. The predicted molar refractivity (Wildman–Crippen MR) is 71.1 cm³/mol. The van der Waals surface area contributed by atoms with Gasteiger partial charge in [-0.3, -0.25) is 4.79 Å². The highest BCUT2D eigenvalue weighted by Crippen LogP contribution is 2.22. The summed E-state index contributed by atoms with van der Waals surface area (Å²) in [5, 5.41) is 1.97. The molecule has 1 heterocycles. The molecule has 1 nitrogen and oxygen atoms in total. The Bertz CT molecular complexity index is 502. The lowest BCUT2D eigenvalue weighted by molar-refractivity contribution is 0.0978. The summed E-state index contributed by atoms with van der Waals surface area (Å²) < 4.78 is 14.0. The van der Waals surface area contributed by atoms with Gasteiger partial charge in [-0.1, -0.05) is 12.1 Å². The summed E-state index contributed by atoms with van der Waals surface area (Å²) in [5.74, 6) is -0.626. The molecule has 0 amide bonds. The molecule has 0 fully saturated rings. The number of rotatable bonds is 4. The molecule has 2 rings (SSSR count). The van der Waals surface area contributed by atoms with Crippen LogP contribution in [-0.2, 0) is 6.42 Å². The van der Waals surface area contributed by atoms with Crippen molar-refractivity contribution in [1.82, 2.24) is 0 Å². The van der Waals surface area contributed by atoms with Gasteiger partial charge in [0.1, 0.15) is 5.82 Å². The first-order valence-electron chi connectivity index (χ1n) is 5.18. The van der Waals surface area contributed by atoms with Crippen molar-refractivity contribution in [3.63, 3.8) is 0 Å². The third-order valence-electron chi connectivity index (χ3n) is 2.42. The van der Waals surface area contributed by atoms with E-state index in [0.29, 0.717) is 17.3 Å². The highest BCUT2D eigenvalue weighted by Gasteiger charge is 2.15. The Morgan fingerprint density at radius 2 is 2.12 bits per heavy atom. The first-order valence-corrected chi connectivity index (χ1v) is 6.85. The maximum absolute atomic E-state index is 13.5. The standard InChI is InChI=1S/C13H10BrFOS/c14-10-4-1-5-11(15)13(10)12(16)7-6-9-3-2-8-17-9/h1-5,8H,6-7H2. The Hall–Kier alpha value is -1.00. The van der Waals surface area contributed by atoms with Crippen LogP contribution in [0.15, 0.2) is 40.2 Å². The fourth-order valence-corrected chi connectivity index (χ4v) is 2.85. The summed E-state index contributed by atoms with van der Waals surface area (Å²) in [5.41, 5.74) is 0.157. The lowest BCUT2D eigenvalue weighted by atomic mass is 10.1. The zero-order valence-corrected chi connectivity index (χ0v) is 11.4. The molecule has 0 saturated heterocycles. The van der Waals surface area contributed by atoms with Crippen LogP contribution in [0.2, 0.25) is 0 Å². The number of hydrogen-bond acceptors (Lipinski definition) is 2. The first-order chi connectivity index (χ1) is 8.18. The van der Waals surface area contributed by atoms with Crippen molar-refractivity contribution in [2.24, 2.45) is 0 Å². The molecule has 17 heavy (non-hydrogen) atoms. The summed E-state index contributed by atoms with van der Waals surface area (Å²) >= 11 is 4.82. The van der Waals surface area contributed by atoms with Gasteiger partial charge in [0, 0.05) is 15.8 Å². The van der Waals surface area contributed by atoms with Gasteiger partial charge in [-0.05, 0) is 45.9 Å². The zero-order chi connectivity index (χ0) is 12.3. The number of aryl methyl sites for hydroxylation is 1. The van der Waals surface area contributed by atoms with E-state index in [2.05, 4.69) is 15.9 Å². The number of benzene rings is 1. The van der Waals surface area contributed by atoms with E-state index in [0.717, 1.165) is 4.88 Å². The average molecular weight is 313 g/mol. The number of thiophene rings is 1. The van der Waals surface area contributed by atoms with E-state index in [-0.39, 0.29) is 11.3 Å². The molecule has 0 aliphatic rings. The molecule has 0 unspecified atom stereocenters. The molecule has 0 N–H and O–H groups in total.